The Morgan fingerprint density at radius 2 is 2.15 bits per heavy atom. The van der Waals surface area contributed by atoms with Crippen molar-refractivity contribution >= 4 is 11.9 Å². The number of methoxy groups -OCH3 is 1. The number of amides is 1. The van der Waals surface area contributed by atoms with Gasteiger partial charge in [-0.1, -0.05) is 0 Å². The maximum atomic E-state index is 12.3. The van der Waals surface area contributed by atoms with Crippen LogP contribution in [-0.2, 0) is 16.6 Å². The molecule has 6 heteroatoms. The fraction of sp³-hybridized carbons (Fsp3) is 0.500. The van der Waals surface area contributed by atoms with Gasteiger partial charge in [-0.2, -0.15) is 0 Å². The summed E-state index contributed by atoms with van der Waals surface area (Å²) in [6, 6.07) is 2.94. The Morgan fingerprint density at radius 3 is 2.80 bits per heavy atom. The lowest BCUT2D eigenvalue weighted by Crippen LogP contribution is -2.43. The van der Waals surface area contributed by atoms with Crippen molar-refractivity contribution in [1.29, 1.82) is 0 Å². The lowest BCUT2D eigenvalue weighted by Gasteiger charge is -2.31. The number of aryl methyl sites for hydroxylation is 1. The van der Waals surface area contributed by atoms with Gasteiger partial charge >= 0.3 is 5.97 Å². The third-order valence-electron chi connectivity index (χ3n) is 3.59. The number of carbonyl (C=O) groups is 2. The molecular weight excluding hydrogens is 260 g/mol. The highest BCUT2D eigenvalue weighted by molar-refractivity contribution is 5.94. The summed E-state index contributed by atoms with van der Waals surface area (Å²) >= 11 is 0. The molecule has 1 aliphatic rings. The number of hydrogen-bond acceptors (Lipinski definition) is 4. The second-order valence-corrected chi connectivity index (χ2v) is 4.98. The monoisotopic (exact) mass is 278 g/mol. The number of carbonyl (C=O) groups excluding carboxylic acids is 2. The van der Waals surface area contributed by atoms with Crippen molar-refractivity contribution in [2.75, 3.05) is 20.2 Å². The van der Waals surface area contributed by atoms with Crippen LogP contribution in [0.5, 0.6) is 0 Å². The van der Waals surface area contributed by atoms with E-state index in [1.165, 1.54) is 17.7 Å². The van der Waals surface area contributed by atoms with Crippen molar-refractivity contribution in [3.05, 3.63) is 34.2 Å². The standard InChI is InChI=1S/C14H18N2O4/c1-15-7-5-10(8-12(15)17)13(18)16-6-3-4-11(9-16)14(19)20-2/h5,7-8,11H,3-4,6,9H2,1-2H3. The van der Waals surface area contributed by atoms with Gasteiger partial charge in [0.2, 0.25) is 0 Å². The minimum atomic E-state index is -0.286. The molecule has 0 saturated carbocycles. The molecule has 6 nitrogen and oxygen atoms in total. The minimum absolute atomic E-state index is 0.212. The smallest absolute Gasteiger partial charge is 0.310 e. The van der Waals surface area contributed by atoms with Gasteiger partial charge in [-0.3, -0.25) is 14.4 Å². The van der Waals surface area contributed by atoms with Crippen molar-refractivity contribution in [2.45, 2.75) is 12.8 Å². The number of rotatable bonds is 2. The Kier molecular flexibility index (Phi) is 4.22. The zero-order chi connectivity index (χ0) is 14.7. The predicted octanol–water partition coefficient (Wildman–Crippen LogP) is 0.410. The van der Waals surface area contributed by atoms with Crippen molar-refractivity contribution in [3.63, 3.8) is 0 Å². The number of ether oxygens (including phenoxy) is 1. The van der Waals surface area contributed by atoms with Gasteiger partial charge in [0, 0.05) is 38.0 Å². The van der Waals surface area contributed by atoms with Crippen LogP contribution in [0.4, 0.5) is 0 Å². The summed E-state index contributed by atoms with van der Waals surface area (Å²) in [6.45, 7) is 0.947. The molecule has 1 unspecified atom stereocenters. The van der Waals surface area contributed by atoms with E-state index in [1.54, 1.807) is 24.2 Å². The van der Waals surface area contributed by atoms with E-state index in [2.05, 4.69) is 0 Å². The Bertz CT molecular complexity index is 579. The average molecular weight is 278 g/mol. The largest absolute Gasteiger partial charge is 0.469 e. The molecule has 0 aliphatic carbocycles. The first-order valence-corrected chi connectivity index (χ1v) is 6.56. The van der Waals surface area contributed by atoms with E-state index < -0.39 is 0 Å². The van der Waals surface area contributed by atoms with E-state index in [9.17, 15) is 14.4 Å². The van der Waals surface area contributed by atoms with Gasteiger partial charge in [-0.15, -0.1) is 0 Å². The minimum Gasteiger partial charge on any atom is -0.469 e. The van der Waals surface area contributed by atoms with Crippen molar-refractivity contribution < 1.29 is 14.3 Å². The third-order valence-corrected chi connectivity index (χ3v) is 3.59. The number of hydrogen-bond donors (Lipinski definition) is 0. The molecule has 1 aliphatic heterocycles. The number of aromatic nitrogens is 1. The lowest BCUT2D eigenvalue weighted by molar-refractivity contribution is -0.146. The van der Waals surface area contributed by atoms with E-state index in [0.29, 0.717) is 18.7 Å². The first kappa shape index (κ1) is 14.3. The molecule has 1 atom stereocenters. The summed E-state index contributed by atoms with van der Waals surface area (Å²) in [5, 5.41) is 0. The van der Waals surface area contributed by atoms with Crippen LogP contribution in [0.1, 0.15) is 23.2 Å². The quantitative estimate of drug-likeness (QED) is 0.735. The van der Waals surface area contributed by atoms with Crippen molar-refractivity contribution in [3.8, 4) is 0 Å². The number of pyridine rings is 1. The summed E-state index contributed by atoms with van der Waals surface area (Å²) in [5.74, 6) is -0.771. The molecule has 2 heterocycles. The summed E-state index contributed by atoms with van der Waals surface area (Å²) in [5.41, 5.74) is 0.135. The van der Waals surface area contributed by atoms with E-state index in [1.807, 2.05) is 0 Å². The predicted molar refractivity (Wildman–Crippen MR) is 72.3 cm³/mol. The van der Waals surface area contributed by atoms with Gasteiger partial charge in [0.15, 0.2) is 0 Å². The Hall–Kier alpha value is -2.11. The molecule has 0 spiro atoms. The maximum Gasteiger partial charge on any atom is 0.310 e. The van der Waals surface area contributed by atoms with Crippen molar-refractivity contribution in [2.24, 2.45) is 13.0 Å². The number of piperidine rings is 1. The molecule has 0 N–H and O–H groups in total. The van der Waals surface area contributed by atoms with Gasteiger partial charge < -0.3 is 14.2 Å². The van der Waals surface area contributed by atoms with Crippen LogP contribution in [0.15, 0.2) is 23.1 Å². The van der Waals surface area contributed by atoms with E-state index in [0.717, 1.165) is 12.8 Å². The van der Waals surface area contributed by atoms with Gasteiger partial charge in [0.05, 0.1) is 13.0 Å². The summed E-state index contributed by atoms with van der Waals surface area (Å²) < 4.78 is 6.14. The number of esters is 1. The molecule has 0 bridgehead atoms. The number of nitrogens with zero attached hydrogens (tertiary/aromatic N) is 2. The molecule has 1 fully saturated rings. The normalized spacial score (nSPS) is 18.7. The Labute approximate surface area is 116 Å². The second-order valence-electron chi connectivity index (χ2n) is 4.98. The van der Waals surface area contributed by atoms with Crippen LogP contribution in [0.2, 0.25) is 0 Å². The first-order chi connectivity index (χ1) is 9.52. The highest BCUT2D eigenvalue weighted by atomic mass is 16.5. The van der Waals surface area contributed by atoms with Crippen LogP contribution >= 0.6 is 0 Å². The molecule has 0 radical (unpaired) electrons. The summed E-state index contributed by atoms with van der Waals surface area (Å²) in [7, 11) is 2.98. The zero-order valence-corrected chi connectivity index (χ0v) is 11.7. The topological polar surface area (TPSA) is 68.6 Å². The van der Waals surface area contributed by atoms with Crippen molar-refractivity contribution in [1.82, 2.24) is 9.47 Å². The number of likely N-dealkylation sites (tertiary alicyclic amines) is 1. The molecule has 1 aromatic rings. The zero-order valence-electron chi connectivity index (χ0n) is 11.7. The van der Waals surface area contributed by atoms with E-state index in [-0.39, 0.29) is 23.4 Å². The van der Waals surface area contributed by atoms with Gasteiger partial charge in [0.25, 0.3) is 11.5 Å². The molecule has 1 aromatic heterocycles. The van der Waals surface area contributed by atoms with Crippen LogP contribution < -0.4 is 5.56 Å². The first-order valence-electron chi connectivity index (χ1n) is 6.56. The average Bonchev–Trinajstić information content (AvgIpc) is 2.48. The maximum absolute atomic E-state index is 12.3. The molecule has 20 heavy (non-hydrogen) atoms. The summed E-state index contributed by atoms with van der Waals surface area (Å²) in [6.07, 6.45) is 3.06. The van der Waals surface area contributed by atoms with E-state index in [4.69, 9.17) is 4.74 Å². The molecule has 0 aromatic carbocycles. The van der Waals surface area contributed by atoms with Gasteiger partial charge in [-0.25, -0.2) is 0 Å². The van der Waals surface area contributed by atoms with Gasteiger partial charge in [-0.05, 0) is 18.9 Å². The summed E-state index contributed by atoms with van der Waals surface area (Å²) in [4.78, 5) is 37.1. The van der Waals surface area contributed by atoms with Crippen LogP contribution in [0.3, 0.4) is 0 Å². The van der Waals surface area contributed by atoms with Crippen LogP contribution in [0, 0.1) is 5.92 Å². The Balaban J connectivity index is 2.14. The molecule has 108 valence electrons. The molecular formula is C14H18N2O4. The SMILES string of the molecule is COC(=O)C1CCCN(C(=O)c2ccn(C)c(=O)c2)C1. The fourth-order valence-corrected chi connectivity index (χ4v) is 2.38. The van der Waals surface area contributed by atoms with Crippen LogP contribution in [0.25, 0.3) is 0 Å². The van der Waals surface area contributed by atoms with Gasteiger partial charge in [0.1, 0.15) is 0 Å². The molecule has 2 rings (SSSR count). The Morgan fingerprint density at radius 1 is 1.40 bits per heavy atom. The fourth-order valence-electron chi connectivity index (χ4n) is 2.38. The highest BCUT2D eigenvalue weighted by Crippen LogP contribution is 2.19. The third kappa shape index (κ3) is 2.89. The lowest BCUT2D eigenvalue weighted by atomic mass is 9.97. The second kappa shape index (κ2) is 5.90. The highest BCUT2D eigenvalue weighted by Gasteiger charge is 2.29. The molecule has 1 amide bonds. The molecule has 1 saturated heterocycles. The van der Waals surface area contributed by atoms with Crippen LogP contribution in [-0.4, -0.2) is 41.5 Å². The van der Waals surface area contributed by atoms with E-state index >= 15 is 0 Å².